The Morgan fingerprint density at radius 2 is 2.18 bits per heavy atom. The maximum atomic E-state index is 12.5. The minimum Gasteiger partial charge on any atom is -0.354 e. The van der Waals surface area contributed by atoms with Crippen molar-refractivity contribution in [1.29, 1.82) is 0 Å². The van der Waals surface area contributed by atoms with Crippen LogP contribution in [0.2, 0.25) is 0 Å². The van der Waals surface area contributed by atoms with Crippen LogP contribution in [-0.2, 0) is 6.18 Å². The average molecular weight is 240 g/mol. The summed E-state index contributed by atoms with van der Waals surface area (Å²) in [5.74, 6) is 0. The molecule has 0 N–H and O–H groups in total. The van der Waals surface area contributed by atoms with E-state index < -0.39 is 11.7 Å². The van der Waals surface area contributed by atoms with Gasteiger partial charge in [0.25, 0.3) is 0 Å². The molecule has 1 heterocycles. The Kier molecular flexibility index (Phi) is 2.92. The third-order valence-electron chi connectivity index (χ3n) is 2.47. The highest BCUT2D eigenvalue weighted by molar-refractivity contribution is 5.28. The van der Waals surface area contributed by atoms with Gasteiger partial charge < -0.3 is 4.90 Å². The van der Waals surface area contributed by atoms with Crippen LogP contribution in [0.1, 0.15) is 5.56 Å². The van der Waals surface area contributed by atoms with Gasteiger partial charge in [-0.3, -0.25) is 4.99 Å². The van der Waals surface area contributed by atoms with Gasteiger partial charge in [0.1, 0.15) is 6.67 Å². The fourth-order valence-electron chi connectivity index (χ4n) is 1.65. The molecule has 0 aromatic heterocycles. The summed E-state index contributed by atoms with van der Waals surface area (Å²) in [6.45, 7) is 4.60. The zero-order valence-corrected chi connectivity index (χ0v) is 9.04. The summed E-state index contributed by atoms with van der Waals surface area (Å²) >= 11 is 0. The first-order valence-corrected chi connectivity index (χ1v) is 5.09. The molecule has 1 aromatic carbocycles. The van der Waals surface area contributed by atoms with Gasteiger partial charge in [0.15, 0.2) is 0 Å². The van der Waals surface area contributed by atoms with Crippen molar-refractivity contribution in [1.82, 2.24) is 4.90 Å². The van der Waals surface area contributed by atoms with Crippen molar-refractivity contribution < 1.29 is 13.2 Å². The van der Waals surface area contributed by atoms with E-state index in [1.165, 1.54) is 6.07 Å². The van der Waals surface area contributed by atoms with E-state index in [1.807, 2.05) is 4.90 Å². The number of nitrogens with zero attached hydrogens (tertiary/aromatic N) is 2. The highest BCUT2D eigenvalue weighted by Gasteiger charge is 2.30. The van der Waals surface area contributed by atoms with Crippen LogP contribution in [0.5, 0.6) is 0 Å². The second-order valence-electron chi connectivity index (χ2n) is 3.76. The van der Waals surface area contributed by atoms with Gasteiger partial charge in [-0.1, -0.05) is 12.1 Å². The molecule has 0 bridgehead atoms. The van der Waals surface area contributed by atoms with Crippen molar-refractivity contribution in [3.8, 4) is 0 Å². The lowest BCUT2D eigenvalue weighted by atomic mass is 10.1. The monoisotopic (exact) mass is 240 g/mol. The van der Waals surface area contributed by atoms with Crippen LogP contribution in [0.15, 0.2) is 35.8 Å². The topological polar surface area (TPSA) is 15.6 Å². The standard InChI is InChI=1S/C12H11F3N2/c1-2-5-17-7-9-3-4-10(12(13,14)15)6-11(9)16-8-17/h2-4,6-7H,1,5,8H2. The summed E-state index contributed by atoms with van der Waals surface area (Å²) in [4.78, 5) is 5.99. The molecule has 0 atom stereocenters. The Morgan fingerprint density at radius 3 is 2.82 bits per heavy atom. The molecule has 0 amide bonds. The number of hydrogen-bond acceptors (Lipinski definition) is 2. The van der Waals surface area contributed by atoms with Gasteiger partial charge in [-0.2, -0.15) is 13.2 Å². The number of fused-ring (bicyclic) bond motifs is 1. The largest absolute Gasteiger partial charge is 0.416 e. The van der Waals surface area contributed by atoms with Gasteiger partial charge in [0.2, 0.25) is 0 Å². The van der Waals surface area contributed by atoms with Crippen LogP contribution >= 0.6 is 0 Å². The molecule has 90 valence electrons. The van der Waals surface area contributed by atoms with Crippen molar-refractivity contribution in [2.24, 2.45) is 4.99 Å². The minimum atomic E-state index is -4.32. The SMILES string of the molecule is C=CCN1C=c2ccc(C(F)(F)F)cc2=NC1. The predicted octanol–water partition coefficient (Wildman–Crippen LogP) is 1.52. The van der Waals surface area contributed by atoms with Crippen LogP contribution in [0, 0.1) is 0 Å². The Bertz CT molecular complexity index is 546. The molecule has 2 rings (SSSR count). The third-order valence-corrected chi connectivity index (χ3v) is 2.47. The summed E-state index contributed by atoms with van der Waals surface area (Å²) in [7, 11) is 0. The van der Waals surface area contributed by atoms with E-state index in [9.17, 15) is 13.2 Å². The van der Waals surface area contributed by atoms with Gasteiger partial charge in [0.05, 0.1) is 10.9 Å². The van der Waals surface area contributed by atoms with Crippen LogP contribution in [-0.4, -0.2) is 18.1 Å². The lowest BCUT2D eigenvalue weighted by Crippen LogP contribution is -2.36. The highest BCUT2D eigenvalue weighted by Crippen LogP contribution is 2.27. The Balaban J connectivity index is 2.44. The summed E-state index contributed by atoms with van der Waals surface area (Å²) in [6.07, 6.45) is -0.798. The van der Waals surface area contributed by atoms with E-state index in [0.29, 0.717) is 23.8 Å². The van der Waals surface area contributed by atoms with Gasteiger partial charge in [0, 0.05) is 18.0 Å². The summed E-state index contributed by atoms with van der Waals surface area (Å²) in [6, 6.07) is 3.59. The molecule has 1 aliphatic rings. The lowest BCUT2D eigenvalue weighted by Gasteiger charge is -2.18. The number of hydrogen-bond donors (Lipinski definition) is 0. The number of alkyl halides is 3. The summed E-state index contributed by atoms with van der Waals surface area (Å²) in [5.41, 5.74) is -0.662. The Labute approximate surface area is 96.4 Å². The third kappa shape index (κ3) is 2.49. The summed E-state index contributed by atoms with van der Waals surface area (Å²) < 4.78 is 37.4. The average Bonchev–Trinajstić information content (AvgIpc) is 2.27. The van der Waals surface area contributed by atoms with E-state index in [0.717, 1.165) is 12.1 Å². The number of halogens is 3. The fourth-order valence-corrected chi connectivity index (χ4v) is 1.65. The molecule has 1 aromatic rings. The zero-order valence-electron chi connectivity index (χ0n) is 9.04. The van der Waals surface area contributed by atoms with Crippen molar-refractivity contribution in [2.75, 3.05) is 13.2 Å². The molecule has 0 spiro atoms. The van der Waals surface area contributed by atoms with Crippen molar-refractivity contribution in [3.05, 3.63) is 47.0 Å². The van der Waals surface area contributed by atoms with Gasteiger partial charge >= 0.3 is 6.18 Å². The van der Waals surface area contributed by atoms with E-state index in [1.54, 1.807) is 12.3 Å². The smallest absolute Gasteiger partial charge is 0.354 e. The van der Waals surface area contributed by atoms with E-state index in [4.69, 9.17) is 0 Å². The first-order valence-electron chi connectivity index (χ1n) is 5.09. The van der Waals surface area contributed by atoms with E-state index in [-0.39, 0.29) is 0 Å². The van der Waals surface area contributed by atoms with Gasteiger partial charge in [-0.05, 0) is 12.1 Å². The molecule has 0 fully saturated rings. The van der Waals surface area contributed by atoms with Crippen LogP contribution in [0.25, 0.3) is 6.20 Å². The molecular formula is C12H11F3N2. The molecule has 17 heavy (non-hydrogen) atoms. The van der Waals surface area contributed by atoms with Crippen LogP contribution in [0.3, 0.4) is 0 Å². The Morgan fingerprint density at radius 1 is 1.41 bits per heavy atom. The fraction of sp³-hybridized carbons (Fsp3) is 0.250. The predicted molar refractivity (Wildman–Crippen MR) is 58.5 cm³/mol. The van der Waals surface area contributed by atoms with E-state index >= 15 is 0 Å². The molecule has 0 radical (unpaired) electrons. The molecule has 5 heteroatoms. The number of rotatable bonds is 2. The molecule has 0 saturated carbocycles. The second kappa shape index (κ2) is 4.24. The summed E-state index contributed by atoms with van der Waals surface area (Å²) in [5, 5.41) is 1.09. The second-order valence-corrected chi connectivity index (χ2v) is 3.76. The maximum absolute atomic E-state index is 12.5. The van der Waals surface area contributed by atoms with Crippen LogP contribution in [0.4, 0.5) is 13.2 Å². The minimum absolute atomic E-state index is 0.361. The van der Waals surface area contributed by atoms with Crippen molar-refractivity contribution in [2.45, 2.75) is 6.18 Å². The number of benzene rings is 1. The Hall–Kier alpha value is -1.78. The van der Waals surface area contributed by atoms with Gasteiger partial charge in [-0.15, -0.1) is 6.58 Å². The first-order chi connectivity index (χ1) is 8.00. The van der Waals surface area contributed by atoms with Gasteiger partial charge in [-0.25, -0.2) is 0 Å². The molecule has 0 saturated heterocycles. The lowest BCUT2D eigenvalue weighted by molar-refractivity contribution is -0.137. The normalized spacial score (nSPS) is 14.6. The van der Waals surface area contributed by atoms with Crippen molar-refractivity contribution in [3.63, 3.8) is 0 Å². The molecule has 0 unspecified atom stereocenters. The van der Waals surface area contributed by atoms with Crippen molar-refractivity contribution >= 4 is 6.20 Å². The maximum Gasteiger partial charge on any atom is 0.416 e. The molecule has 1 aliphatic heterocycles. The quantitative estimate of drug-likeness (QED) is 0.716. The first kappa shape index (κ1) is 11.7. The molecular weight excluding hydrogens is 229 g/mol. The van der Waals surface area contributed by atoms with E-state index in [2.05, 4.69) is 11.6 Å². The molecule has 0 aliphatic carbocycles. The molecule has 2 nitrogen and oxygen atoms in total. The zero-order chi connectivity index (χ0) is 12.5. The highest BCUT2D eigenvalue weighted by atomic mass is 19.4. The van der Waals surface area contributed by atoms with Crippen LogP contribution < -0.4 is 10.6 Å².